The summed E-state index contributed by atoms with van der Waals surface area (Å²) in [6, 6.07) is 0. The molecule has 0 bridgehead atoms. The maximum atomic E-state index is 4.76. The summed E-state index contributed by atoms with van der Waals surface area (Å²) in [6.07, 6.45) is 0. The number of hydrogen-bond donors (Lipinski definition) is 0. The minimum absolute atomic E-state index is 0.336. The summed E-state index contributed by atoms with van der Waals surface area (Å²) in [4.78, 5) is 8.51. The van der Waals surface area contributed by atoms with Crippen molar-refractivity contribution in [2.45, 2.75) is 0 Å². The Kier molecular flexibility index (Phi) is 1.12. The first-order chi connectivity index (χ1) is 3.29. The lowest BCUT2D eigenvalue weighted by Gasteiger charge is -2.01. The Morgan fingerprint density at radius 3 is 2.86 bits per heavy atom. The highest BCUT2D eigenvalue weighted by molar-refractivity contribution is 7.96. The number of hydrogen-bond acceptors (Lipinski definition) is 3. The van der Waals surface area contributed by atoms with Crippen LogP contribution in [0.4, 0.5) is 0 Å². The van der Waals surface area contributed by atoms with E-state index in [2.05, 4.69) is 17.6 Å². The molecular weight excluding hydrogens is 112 g/mol. The highest BCUT2D eigenvalue weighted by atomic mass is 32.1. The summed E-state index contributed by atoms with van der Waals surface area (Å²) >= 11 is 4.57. The van der Waals surface area contributed by atoms with Gasteiger partial charge in [-0.3, -0.25) is 0 Å². The van der Waals surface area contributed by atoms with Gasteiger partial charge < -0.3 is 4.84 Å². The van der Waals surface area contributed by atoms with Gasteiger partial charge in [0.2, 0.25) is 0 Å². The average Bonchev–Trinajstić information content (AvgIpc) is 1.87. The summed E-state index contributed by atoms with van der Waals surface area (Å²) in [5.74, 6) is 0. The van der Waals surface area contributed by atoms with Crippen molar-refractivity contribution in [3.05, 3.63) is 0 Å². The van der Waals surface area contributed by atoms with E-state index >= 15 is 0 Å². The molecule has 0 aromatic heterocycles. The summed E-state index contributed by atoms with van der Waals surface area (Å²) in [7, 11) is 1.78. The summed E-state index contributed by atoms with van der Waals surface area (Å²) in [5, 5.41) is 1.91. The maximum Gasteiger partial charge on any atom is 0.301 e. The van der Waals surface area contributed by atoms with Crippen LogP contribution in [0.25, 0.3) is 0 Å². The standard InChI is InChI=1S/C3H5N2OS/c1-5-2-4-3(7)6-5/h2H2,1H3. The Hall–Kier alpha value is -0.350. The van der Waals surface area contributed by atoms with E-state index in [9.17, 15) is 0 Å². The van der Waals surface area contributed by atoms with Crippen molar-refractivity contribution in [1.29, 1.82) is 0 Å². The summed E-state index contributed by atoms with van der Waals surface area (Å²) < 4.78 is 0. The van der Waals surface area contributed by atoms with Gasteiger partial charge in [-0.1, -0.05) is 0 Å². The van der Waals surface area contributed by atoms with Gasteiger partial charge in [0, 0.05) is 7.05 Å². The third-order valence-corrected chi connectivity index (χ3v) is 0.837. The first-order valence-electron chi connectivity index (χ1n) is 1.89. The molecule has 7 heavy (non-hydrogen) atoms. The molecule has 0 spiro atoms. The molecular formula is C3H5N2OS. The number of hydroxylamine groups is 2. The summed E-state index contributed by atoms with van der Waals surface area (Å²) in [6.45, 7) is 0.568. The molecule has 1 radical (unpaired) electrons. The highest BCUT2D eigenvalue weighted by Crippen LogP contribution is 2.00. The van der Waals surface area contributed by atoms with Gasteiger partial charge in [0.25, 0.3) is 0 Å². The van der Waals surface area contributed by atoms with Crippen LogP contribution in [-0.4, -0.2) is 24.0 Å². The molecule has 0 N–H and O–H groups in total. The Morgan fingerprint density at radius 1 is 2.00 bits per heavy atom. The quantitative estimate of drug-likeness (QED) is 0.458. The lowest BCUT2D eigenvalue weighted by atomic mass is 11.1. The van der Waals surface area contributed by atoms with Crippen LogP contribution in [0.2, 0.25) is 0 Å². The van der Waals surface area contributed by atoms with Gasteiger partial charge in [-0.25, -0.2) is 4.99 Å². The second-order valence-electron chi connectivity index (χ2n) is 1.28. The van der Waals surface area contributed by atoms with Crippen LogP contribution in [0.1, 0.15) is 0 Å². The van der Waals surface area contributed by atoms with E-state index in [0.717, 1.165) is 0 Å². The molecule has 0 saturated heterocycles. The van der Waals surface area contributed by atoms with Gasteiger partial charge in [0.15, 0.2) is 0 Å². The van der Waals surface area contributed by atoms with Crippen LogP contribution in [0.15, 0.2) is 4.99 Å². The van der Waals surface area contributed by atoms with E-state index in [1.54, 1.807) is 12.1 Å². The predicted molar refractivity (Wildman–Crippen MR) is 28.7 cm³/mol. The molecule has 3 nitrogen and oxygen atoms in total. The average molecular weight is 117 g/mol. The van der Waals surface area contributed by atoms with Crippen LogP contribution >= 0.6 is 12.6 Å². The Morgan fingerprint density at radius 2 is 2.71 bits per heavy atom. The molecule has 0 amide bonds. The van der Waals surface area contributed by atoms with E-state index in [0.29, 0.717) is 11.9 Å². The molecule has 1 aliphatic heterocycles. The number of rotatable bonds is 0. The van der Waals surface area contributed by atoms with Crippen molar-refractivity contribution in [1.82, 2.24) is 5.06 Å². The first-order valence-corrected chi connectivity index (χ1v) is 2.30. The van der Waals surface area contributed by atoms with E-state index in [-0.39, 0.29) is 0 Å². The van der Waals surface area contributed by atoms with Gasteiger partial charge in [-0.2, -0.15) is 0 Å². The topological polar surface area (TPSA) is 24.8 Å². The fraction of sp³-hybridized carbons (Fsp3) is 0.667. The molecule has 0 aliphatic carbocycles. The zero-order valence-corrected chi connectivity index (χ0v) is 4.73. The Bertz CT molecular complexity index is 103. The number of nitrogens with zero attached hydrogens (tertiary/aromatic N) is 2. The van der Waals surface area contributed by atoms with Crippen molar-refractivity contribution in [3.8, 4) is 0 Å². The molecule has 1 aliphatic rings. The van der Waals surface area contributed by atoms with Gasteiger partial charge in [-0.15, -0.1) is 5.06 Å². The molecule has 39 valence electrons. The van der Waals surface area contributed by atoms with Crippen LogP contribution in [0.5, 0.6) is 0 Å². The minimum Gasteiger partial charge on any atom is -0.372 e. The molecule has 0 aromatic carbocycles. The van der Waals surface area contributed by atoms with Crippen LogP contribution in [0, 0.1) is 0 Å². The normalized spacial score (nSPS) is 21.6. The van der Waals surface area contributed by atoms with Gasteiger partial charge in [-0.05, 0) is 12.6 Å². The molecule has 0 atom stereocenters. The van der Waals surface area contributed by atoms with Crippen molar-refractivity contribution >= 4 is 17.9 Å². The van der Waals surface area contributed by atoms with Crippen LogP contribution in [-0.2, 0) is 4.84 Å². The Balaban J connectivity index is 2.42. The lowest BCUT2D eigenvalue weighted by Crippen LogP contribution is -2.12. The molecule has 1 heterocycles. The SMILES string of the molecule is CN1CN=C([S])O1. The zero-order chi connectivity index (χ0) is 5.28. The minimum atomic E-state index is 0.336. The fourth-order valence-electron chi connectivity index (χ4n) is 0.348. The molecule has 4 heteroatoms. The third-order valence-electron chi connectivity index (χ3n) is 0.633. The lowest BCUT2D eigenvalue weighted by molar-refractivity contribution is -0.0164. The Labute approximate surface area is 47.3 Å². The van der Waals surface area contributed by atoms with Gasteiger partial charge in [0.1, 0.15) is 6.67 Å². The summed E-state index contributed by atoms with van der Waals surface area (Å²) in [5.41, 5.74) is 0. The van der Waals surface area contributed by atoms with Gasteiger partial charge in [0.05, 0.1) is 0 Å². The third kappa shape index (κ3) is 1.01. The van der Waals surface area contributed by atoms with E-state index in [1.807, 2.05) is 0 Å². The second-order valence-corrected chi connectivity index (χ2v) is 1.63. The second kappa shape index (κ2) is 1.63. The van der Waals surface area contributed by atoms with Crippen molar-refractivity contribution in [2.75, 3.05) is 13.7 Å². The largest absolute Gasteiger partial charge is 0.372 e. The van der Waals surface area contributed by atoms with Crippen molar-refractivity contribution in [2.24, 2.45) is 4.99 Å². The monoisotopic (exact) mass is 117 g/mol. The number of aliphatic imine (C=N–C) groups is 1. The molecule has 1 rings (SSSR count). The van der Waals surface area contributed by atoms with Gasteiger partial charge >= 0.3 is 5.23 Å². The fourth-order valence-corrected chi connectivity index (χ4v) is 0.533. The van der Waals surface area contributed by atoms with E-state index < -0.39 is 0 Å². The highest BCUT2D eigenvalue weighted by Gasteiger charge is 2.07. The molecule has 0 aromatic rings. The van der Waals surface area contributed by atoms with Crippen molar-refractivity contribution in [3.63, 3.8) is 0 Å². The molecule has 0 fully saturated rings. The maximum absolute atomic E-state index is 4.76. The first kappa shape index (κ1) is 4.80. The smallest absolute Gasteiger partial charge is 0.301 e. The predicted octanol–water partition coefficient (Wildman–Crippen LogP) is 0.374. The molecule has 0 unspecified atom stereocenters. The van der Waals surface area contributed by atoms with Crippen molar-refractivity contribution < 1.29 is 4.84 Å². The van der Waals surface area contributed by atoms with Crippen LogP contribution in [0.3, 0.4) is 0 Å². The van der Waals surface area contributed by atoms with E-state index in [4.69, 9.17) is 4.84 Å². The zero-order valence-electron chi connectivity index (χ0n) is 3.92. The molecule has 0 saturated carbocycles. The van der Waals surface area contributed by atoms with Crippen LogP contribution < -0.4 is 0 Å². The van der Waals surface area contributed by atoms with E-state index in [1.165, 1.54) is 0 Å².